The number of hydrogen-bond acceptors (Lipinski definition) is 5. The highest BCUT2D eigenvalue weighted by Gasteiger charge is 2.27. The van der Waals surface area contributed by atoms with Crippen molar-refractivity contribution in [2.75, 3.05) is 13.7 Å². The zero-order valence-electron chi connectivity index (χ0n) is 17.2. The molecule has 3 heterocycles. The Hall–Kier alpha value is -3.87. The van der Waals surface area contributed by atoms with Crippen molar-refractivity contribution in [1.29, 1.82) is 0 Å². The number of aromatic nitrogens is 3. The van der Waals surface area contributed by atoms with Crippen LogP contribution in [0.25, 0.3) is 11.3 Å². The van der Waals surface area contributed by atoms with Crippen molar-refractivity contribution in [1.82, 2.24) is 20.1 Å². The predicted molar refractivity (Wildman–Crippen MR) is 115 cm³/mol. The first-order valence-electron chi connectivity index (χ1n) is 10.2. The molecule has 2 aromatic carbocycles. The van der Waals surface area contributed by atoms with E-state index < -0.39 is 0 Å². The highest BCUT2D eigenvalue weighted by molar-refractivity contribution is 5.93. The molecule has 7 nitrogen and oxygen atoms in total. The van der Waals surface area contributed by atoms with Crippen molar-refractivity contribution in [3.8, 4) is 17.0 Å². The maximum atomic E-state index is 13.1. The second kappa shape index (κ2) is 8.10. The Kier molecular flexibility index (Phi) is 5.00. The number of hydrogen-bond donors (Lipinski definition) is 1. The van der Waals surface area contributed by atoms with E-state index in [2.05, 4.69) is 27.3 Å². The number of para-hydroxylation sites is 1. The molecule has 0 fully saturated rings. The molecule has 0 saturated heterocycles. The summed E-state index contributed by atoms with van der Waals surface area (Å²) in [5, 5.41) is 7.19. The molecule has 0 spiro atoms. The molecule has 0 saturated carbocycles. The molecule has 0 atom stereocenters. The molecule has 1 aliphatic heterocycles. The number of amides is 1. The number of ether oxygens (including phenoxy) is 1. The van der Waals surface area contributed by atoms with E-state index in [1.54, 1.807) is 18.1 Å². The van der Waals surface area contributed by atoms with Gasteiger partial charge in [-0.2, -0.15) is 5.10 Å². The van der Waals surface area contributed by atoms with Crippen LogP contribution in [-0.4, -0.2) is 39.6 Å². The first-order chi connectivity index (χ1) is 15.2. The molecule has 4 aromatic rings. The zero-order chi connectivity index (χ0) is 21.2. The molecule has 0 unspecified atom stereocenters. The Bertz CT molecular complexity index is 1210. The summed E-state index contributed by atoms with van der Waals surface area (Å²) in [6.45, 7) is 1.00. The highest BCUT2D eigenvalue weighted by atomic mass is 16.5. The van der Waals surface area contributed by atoms with E-state index in [9.17, 15) is 4.79 Å². The number of nitrogens with one attached hydrogen (secondary N) is 1. The minimum Gasteiger partial charge on any atom is -0.496 e. The quantitative estimate of drug-likeness (QED) is 0.536. The number of methoxy groups -OCH3 is 1. The molecule has 0 aliphatic carbocycles. The lowest BCUT2D eigenvalue weighted by Crippen LogP contribution is -2.36. The van der Waals surface area contributed by atoms with Crippen LogP contribution in [0.5, 0.6) is 5.75 Å². The van der Waals surface area contributed by atoms with Gasteiger partial charge in [-0.15, -0.1) is 0 Å². The van der Waals surface area contributed by atoms with Gasteiger partial charge in [-0.25, -0.2) is 4.98 Å². The van der Waals surface area contributed by atoms with Crippen molar-refractivity contribution in [3.05, 3.63) is 89.3 Å². The number of fused-ring (bicyclic) bond motifs is 1. The van der Waals surface area contributed by atoms with Gasteiger partial charge in [-0.1, -0.05) is 42.5 Å². The van der Waals surface area contributed by atoms with Crippen molar-refractivity contribution < 1.29 is 13.9 Å². The van der Waals surface area contributed by atoms with Crippen LogP contribution in [0.2, 0.25) is 0 Å². The van der Waals surface area contributed by atoms with Crippen LogP contribution in [0.15, 0.2) is 65.1 Å². The van der Waals surface area contributed by atoms with Crippen molar-refractivity contribution >= 4 is 5.91 Å². The van der Waals surface area contributed by atoms with E-state index in [1.807, 2.05) is 42.5 Å². The average Bonchev–Trinajstić information content (AvgIpc) is 3.45. The van der Waals surface area contributed by atoms with E-state index in [1.165, 1.54) is 0 Å². The Morgan fingerprint density at radius 3 is 2.81 bits per heavy atom. The SMILES string of the molecule is COc1ccccc1-c1cc(C(=O)N2CCc3oc(Cc4ccccc4)nc3C2)[nH]n1. The van der Waals surface area contributed by atoms with Crippen LogP contribution in [-0.2, 0) is 19.4 Å². The third-order valence-electron chi connectivity index (χ3n) is 5.45. The molecule has 5 rings (SSSR count). The van der Waals surface area contributed by atoms with Crippen LogP contribution in [0.1, 0.15) is 33.4 Å². The maximum absolute atomic E-state index is 13.1. The van der Waals surface area contributed by atoms with Gasteiger partial charge in [0.2, 0.25) is 0 Å². The number of H-pyrrole nitrogens is 1. The summed E-state index contributed by atoms with van der Waals surface area (Å²) >= 11 is 0. The van der Waals surface area contributed by atoms with Gasteiger partial charge in [0.1, 0.15) is 22.9 Å². The summed E-state index contributed by atoms with van der Waals surface area (Å²) in [5.41, 5.74) is 3.93. The third-order valence-corrected chi connectivity index (χ3v) is 5.45. The van der Waals surface area contributed by atoms with Gasteiger partial charge in [0.15, 0.2) is 5.89 Å². The van der Waals surface area contributed by atoms with Crippen LogP contribution < -0.4 is 4.74 Å². The standard InChI is InChI=1S/C24H22N4O3/c1-30-21-10-6-5-9-17(21)18-14-19(27-26-18)24(29)28-12-11-22-20(15-28)25-23(31-22)13-16-7-3-2-4-8-16/h2-10,14H,11-13,15H2,1H3,(H,26,27). The summed E-state index contributed by atoms with van der Waals surface area (Å²) in [4.78, 5) is 19.5. The Labute approximate surface area is 179 Å². The minimum absolute atomic E-state index is 0.105. The number of aromatic amines is 1. The predicted octanol–water partition coefficient (Wildman–Crippen LogP) is 3.86. The Balaban J connectivity index is 1.31. The molecule has 1 amide bonds. The second-order valence-corrected chi connectivity index (χ2v) is 7.48. The van der Waals surface area contributed by atoms with Crippen molar-refractivity contribution in [2.24, 2.45) is 0 Å². The largest absolute Gasteiger partial charge is 0.496 e. The van der Waals surface area contributed by atoms with E-state index in [0.717, 1.165) is 22.6 Å². The third kappa shape index (κ3) is 3.82. The average molecular weight is 414 g/mol. The molecule has 7 heteroatoms. The molecule has 31 heavy (non-hydrogen) atoms. The summed E-state index contributed by atoms with van der Waals surface area (Å²) in [6, 6.07) is 19.5. The van der Waals surface area contributed by atoms with Crippen LogP contribution in [0, 0.1) is 0 Å². The smallest absolute Gasteiger partial charge is 0.272 e. The Morgan fingerprint density at radius 1 is 1.16 bits per heavy atom. The lowest BCUT2D eigenvalue weighted by atomic mass is 10.1. The molecule has 1 aliphatic rings. The molecule has 0 bridgehead atoms. The number of rotatable bonds is 5. The van der Waals surface area contributed by atoms with Gasteiger partial charge >= 0.3 is 0 Å². The fourth-order valence-corrected chi connectivity index (χ4v) is 3.87. The summed E-state index contributed by atoms with van der Waals surface area (Å²) in [7, 11) is 1.62. The van der Waals surface area contributed by atoms with Crippen LogP contribution in [0.4, 0.5) is 0 Å². The van der Waals surface area contributed by atoms with Gasteiger partial charge < -0.3 is 14.1 Å². The fourth-order valence-electron chi connectivity index (χ4n) is 3.87. The van der Waals surface area contributed by atoms with Gasteiger partial charge in [0.25, 0.3) is 5.91 Å². The topological polar surface area (TPSA) is 84.2 Å². The van der Waals surface area contributed by atoms with Crippen LogP contribution >= 0.6 is 0 Å². The van der Waals surface area contributed by atoms with E-state index in [4.69, 9.17) is 9.15 Å². The lowest BCUT2D eigenvalue weighted by molar-refractivity contribution is 0.0722. The van der Waals surface area contributed by atoms with Gasteiger partial charge in [-0.3, -0.25) is 9.89 Å². The van der Waals surface area contributed by atoms with E-state index in [-0.39, 0.29) is 5.91 Å². The molecule has 2 aromatic heterocycles. The molecule has 0 radical (unpaired) electrons. The summed E-state index contributed by atoms with van der Waals surface area (Å²) in [5.74, 6) is 2.16. The zero-order valence-corrected chi connectivity index (χ0v) is 17.2. The van der Waals surface area contributed by atoms with Crippen LogP contribution in [0.3, 0.4) is 0 Å². The second-order valence-electron chi connectivity index (χ2n) is 7.48. The molecule has 156 valence electrons. The number of oxazole rings is 1. The number of benzene rings is 2. The molecule has 1 N–H and O–H groups in total. The van der Waals surface area contributed by atoms with Gasteiger partial charge in [0, 0.05) is 24.9 Å². The molecular formula is C24H22N4O3. The Morgan fingerprint density at radius 2 is 1.97 bits per heavy atom. The van der Waals surface area contributed by atoms with Gasteiger partial charge in [-0.05, 0) is 23.8 Å². The first kappa shape index (κ1) is 19.1. The number of carbonyl (C=O) groups is 1. The first-order valence-corrected chi connectivity index (χ1v) is 10.2. The van der Waals surface area contributed by atoms with Crippen molar-refractivity contribution in [2.45, 2.75) is 19.4 Å². The maximum Gasteiger partial charge on any atom is 0.272 e. The van der Waals surface area contributed by atoms with E-state index >= 15 is 0 Å². The number of carbonyl (C=O) groups excluding carboxylic acids is 1. The fraction of sp³-hybridized carbons (Fsp3) is 0.208. The monoisotopic (exact) mass is 414 g/mol. The van der Waals surface area contributed by atoms with Gasteiger partial charge in [0.05, 0.1) is 19.3 Å². The summed E-state index contributed by atoms with van der Waals surface area (Å²) in [6.07, 6.45) is 1.29. The summed E-state index contributed by atoms with van der Waals surface area (Å²) < 4.78 is 11.3. The molecular weight excluding hydrogens is 392 g/mol. The van der Waals surface area contributed by atoms with Crippen molar-refractivity contribution in [3.63, 3.8) is 0 Å². The normalized spacial score (nSPS) is 13.1. The highest BCUT2D eigenvalue weighted by Crippen LogP contribution is 2.29. The van der Waals surface area contributed by atoms with E-state index in [0.29, 0.717) is 49.0 Å². The lowest BCUT2D eigenvalue weighted by Gasteiger charge is -2.24. The minimum atomic E-state index is -0.105. The number of nitrogens with zero attached hydrogens (tertiary/aromatic N) is 3.